The van der Waals surface area contributed by atoms with Gasteiger partial charge in [0.15, 0.2) is 11.5 Å². The van der Waals surface area contributed by atoms with Crippen LogP contribution in [0.3, 0.4) is 0 Å². The first-order chi connectivity index (χ1) is 13.0. The van der Waals surface area contributed by atoms with Crippen LogP contribution in [0.5, 0.6) is 11.5 Å². The van der Waals surface area contributed by atoms with Crippen LogP contribution in [0.1, 0.15) is 31.4 Å². The van der Waals surface area contributed by atoms with Gasteiger partial charge in [0.2, 0.25) is 0 Å². The van der Waals surface area contributed by atoms with Gasteiger partial charge in [-0.15, -0.1) is 0 Å². The van der Waals surface area contributed by atoms with Gasteiger partial charge in [0, 0.05) is 0 Å². The number of ether oxygens (including phenoxy) is 2. The predicted octanol–water partition coefficient (Wildman–Crippen LogP) is 4.60. The van der Waals surface area contributed by atoms with Gasteiger partial charge in [0.1, 0.15) is 0 Å². The van der Waals surface area contributed by atoms with E-state index in [2.05, 4.69) is 12.0 Å². The summed E-state index contributed by atoms with van der Waals surface area (Å²) in [6, 6.07) is 13.4. The molecule has 0 aromatic heterocycles. The molecule has 1 amide bonds. The molecule has 1 heterocycles. The lowest BCUT2D eigenvalue weighted by Gasteiger charge is -2.12. The molecule has 0 unspecified atom stereocenters. The molecule has 27 heavy (non-hydrogen) atoms. The number of aryl methyl sites for hydroxylation is 1. The lowest BCUT2D eigenvalue weighted by molar-refractivity contribution is -0.114. The molecule has 0 fully saturated rings. The molecule has 3 rings (SSSR count). The minimum atomic E-state index is -0.136. The molecule has 0 atom stereocenters. The number of nitrogens with zero attached hydrogens (tertiary/aromatic N) is 2. The van der Waals surface area contributed by atoms with Crippen LogP contribution >= 0.6 is 0 Å². The molecule has 5 heteroatoms. The van der Waals surface area contributed by atoms with E-state index < -0.39 is 0 Å². The third-order valence-electron chi connectivity index (χ3n) is 4.27. The topological polar surface area (TPSA) is 51.1 Å². The van der Waals surface area contributed by atoms with E-state index in [0.717, 1.165) is 23.2 Å². The molecular formula is C22H24N2O3. The molecule has 140 valence electrons. The zero-order valence-electron chi connectivity index (χ0n) is 16.2. The molecule has 5 nitrogen and oxygen atoms in total. The second kappa shape index (κ2) is 8.08. The highest BCUT2D eigenvalue weighted by atomic mass is 16.5. The van der Waals surface area contributed by atoms with Crippen molar-refractivity contribution in [3.8, 4) is 11.5 Å². The molecule has 0 aliphatic carbocycles. The Kier molecular flexibility index (Phi) is 5.60. The lowest BCUT2D eigenvalue weighted by Crippen LogP contribution is -2.21. The molecule has 2 aromatic rings. The van der Waals surface area contributed by atoms with E-state index in [0.29, 0.717) is 29.4 Å². The van der Waals surface area contributed by atoms with Crippen molar-refractivity contribution in [2.24, 2.45) is 5.10 Å². The van der Waals surface area contributed by atoms with Gasteiger partial charge in [0.25, 0.3) is 5.91 Å². The van der Waals surface area contributed by atoms with Crippen LogP contribution < -0.4 is 14.5 Å². The van der Waals surface area contributed by atoms with Crippen LogP contribution in [-0.2, 0) is 4.79 Å². The normalized spacial score (nSPS) is 15.3. The van der Waals surface area contributed by atoms with Crippen molar-refractivity contribution in [2.45, 2.75) is 27.2 Å². The van der Waals surface area contributed by atoms with Gasteiger partial charge in [-0.1, -0.05) is 25.1 Å². The molecule has 0 radical (unpaired) electrons. The Balaban J connectivity index is 1.89. The lowest BCUT2D eigenvalue weighted by atomic mass is 10.1. The summed E-state index contributed by atoms with van der Waals surface area (Å²) >= 11 is 0. The molecule has 0 saturated heterocycles. The summed E-state index contributed by atoms with van der Waals surface area (Å²) in [5.41, 5.74) is 3.97. The summed E-state index contributed by atoms with van der Waals surface area (Å²) in [5.74, 6) is 1.21. The maximum absolute atomic E-state index is 12.9. The van der Waals surface area contributed by atoms with E-state index in [1.807, 2.05) is 62.4 Å². The van der Waals surface area contributed by atoms with E-state index in [1.54, 1.807) is 7.11 Å². The third-order valence-corrected chi connectivity index (χ3v) is 4.27. The number of hydrogen-bond acceptors (Lipinski definition) is 4. The number of hydrazone groups is 1. The smallest absolute Gasteiger partial charge is 0.280 e. The Bertz CT molecular complexity index is 916. The largest absolute Gasteiger partial charge is 0.493 e. The Morgan fingerprint density at radius 2 is 1.93 bits per heavy atom. The van der Waals surface area contributed by atoms with Crippen molar-refractivity contribution in [1.29, 1.82) is 0 Å². The van der Waals surface area contributed by atoms with Crippen LogP contribution in [-0.4, -0.2) is 25.3 Å². The number of benzene rings is 2. The summed E-state index contributed by atoms with van der Waals surface area (Å²) in [6.45, 7) is 6.52. The number of amides is 1. The number of rotatable bonds is 6. The zero-order valence-corrected chi connectivity index (χ0v) is 16.2. The first-order valence-corrected chi connectivity index (χ1v) is 9.02. The van der Waals surface area contributed by atoms with E-state index in [1.165, 1.54) is 5.01 Å². The number of methoxy groups -OCH3 is 1. The summed E-state index contributed by atoms with van der Waals surface area (Å²) < 4.78 is 11.1. The van der Waals surface area contributed by atoms with E-state index >= 15 is 0 Å². The summed E-state index contributed by atoms with van der Waals surface area (Å²) in [4.78, 5) is 12.9. The fourth-order valence-electron chi connectivity index (χ4n) is 2.89. The molecular weight excluding hydrogens is 340 g/mol. The number of carbonyl (C=O) groups is 1. The maximum Gasteiger partial charge on any atom is 0.280 e. The Labute approximate surface area is 159 Å². The van der Waals surface area contributed by atoms with E-state index in [9.17, 15) is 4.79 Å². The number of hydrogen-bond donors (Lipinski definition) is 0. The minimum Gasteiger partial charge on any atom is -0.493 e. The molecule has 0 saturated carbocycles. The Hall–Kier alpha value is -3.08. The zero-order chi connectivity index (χ0) is 19.4. The maximum atomic E-state index is 12.9. The molecule has 0 spiro atoms. The van der Waals surface area contributed by atoms with Crippen LogP contribution in [0.2, 0.25) is 0 Å². The van der Waals surface area contributed by atoms with Crippen molar-refractivity contribution in [1.82, 2.24) is 0 Å². The summed E-state index contributed by atoms with van der Waals surface area (Å²) in [6.07, 6.45) is 2.76. The first kappa shape index (κ1) is 18.7. The fourth-order valence-corrected chi connectivity index (χ4v) is 2.89. The fraction of sp³-hybridized carbons (Fsp3) is 0.273. The van der Waals surface area contributed by atoms with Gasteiger partial charge in [-0.2, -0.15) is 10.1 Å². The third kappa shape index (κ3) is 4.03. The summed E-state index contributed by atoms with van der Waals surface area (Å²) in [5, 5.41) is 5.88. The quantitative estimate of drug-likeness (QED) is 0.704. The van der Waals surface area contributed by atoms with Gasteiger partial charge in [-0.05, 0) is 61.7 Å². The van der Waals surface area contributed by atoms with E-state index in [4.69, 9.17) is 9.47 Å². The second-order valence-corrected chi connectivity index (χ2v) is 6.46. The van der Waals surface area contributed by atoms with Crippen LogP contribution in [0.25, 0.3) is 6.08 Å². The van der Waals surface area contributed by atoms with Crippen LogP contribution in [0.15, 0.2) is 53.1 Å². The first-order valence-electron chi connectivity index (χ1n) is 9.02. The van der Waals surface area contributed by atoms with Crippen LogP contribution in [0, 0.1) is 6.92 Å². The van der Waals surface area contributed by atoms with Crippen molar-refractivity contribution in [2.75, 3.05) is 18.7 Å². The predicted molar refractivity (Wildman–Crippen MR) is 109 cm³/mol. The van der Waals surface area contributed by atoms with Gasteiger partial charge in [-0.25, -0.2) is 0 Å². The minimum absolute atomic E-state index is 0.136. The van der Waals surface area contributed by atoms with E-state index in [-0.39, 0.29) is 5.91 Å². The van der Waals surface area contributed by atoms with Crippen LogP contribution in [0.4, 0.5) is 5.69 Å². The van der Waals surface area contributed by atoms with Crippen molar-refractivity contribution in [3.05, 3.63) is 59.2 Å². The monoisotopic (exact) mass is 364 g/mol. The molecule has 2 aromatic carbocycles. The summed E-state index contributed by atoms with van der Waals surface area (Å²) in [7, 11) is 1.61. The van der Waals surface area contributed by atoms with Gasteiger partial charge < -0.3 is 9.47 Å². The SMILES string of the molecule is CCCOc1ccc(C=C2C(=O)N(c3cccc(C)c3)N=C2C)cc1OC. The molecule has 1 aliphatic rings. The Morgan fingerprint density at radius 1 is 1.11 bits per heavy atom. The number of carbonyl (C=O) groups excluding carboxylic acids is 1. The average molecular weight is 364 g/mol. The van der Waals surface area contributed by atoms with Crippen molar-refractivity contribution in [3.63, 3.8) is 0 Å². The van der Waals surface area contributed by atoms with Crippen molar-refractivity contribution >= 4 is 23.4 Å². The van der Waals surface area contributed by atoms with Gasteiger partial charge >= 0.3 is 0 Å². The van der Waals surface area contributed by atoms with Crippen molar-refractivity contribution < 1.29 is 14.3 Å². The highest BCUT2D eigenvalue weighted by molar-refractivity contribution is 6.32. The molecule has 1 aliphatic heterocycles. The average Bonchev–Trinajstić information content (AvgIpc) is 2.95. The van der Waals surface area contributed by atoms with Gasteiger partial charge in [0.05, 0.1) is 30.7 Å². The van der Waals surface area contributed by atoms with Gasteiger partial charge in [-0.3, -0.25) is 4.79 Å². The highest BCUT2D eigenvalue weighted by Gasteiger charge is 2.28. The molecule has 0 bridgehead atoms. The Morgan fingerprint density at radius 3 is 2.63 bits per heavy atom. The second-order valence-electron chi connectivity index (χ2n) is 6.46. The molecule has 0 N–H and O–H groups in total. The number of anilines is 1. The highest BCUT2D eigenvalue weighted by Crippen LogP contribution is 2.31. The standard InChI is InChI=1S/C22H24N2O3/c1-5-11-27-20-10-9-17(14-21(20)26-4)13-19-16(3)23-24(22(19)25)18-8-6-7-15(2)12-18/h6-10,12-14H,5,11H2,1-4H3.